The van der Waals surface area contributed by atoms with Crippen LogP contribution in [0.2, 0.25) is 10.0 Å². The van der Waals surface area contributed by atoms with Crippen molar-refractivity contribution < 1.29 is 9.59 Å². The molecule has 2 amide bonds. The zero-order valence-electron chi connectivity index (χ0n) is 13.9. The fourth-order valence-electron chi connectivity index (χ4n) is 2.72. The standard InChI is InChI=1S/C19H13Cl2N3O2S/c20-14-8-4-5-11(16(14)21)9-15-18(26)24(12-6-2-1-3-7-12)19(27-15)13(10-22)17(23)25/h1-8,15H,9H2,(H2,23,25)/b19-13-. The summed E-state index contributed by atoms with van der Waals surface area (Å²) < 4.78 is 0. The largest absolute Gasteiger partial charge is 0.365 e. The molecule has 0 saturated carbocycles. The molecule has 1 fully saturated rings. The second-order valence-electron chi connectivity index (χ2n) is 5.69. The van der Waals surface area contributed by atoms with Gasteiger partial charge in [-0.15, -0.1) is 0 Å². The lowest BCUT2D eigenvalue weighted by Crippen LogP contribution is -2.31. The molecule has 1 unspecified atom stereocenters. The van der Waals surface area contributed by atoms with Gasteiger partial charge in [-0.05, 0) is 30.2 Å². The van der Waals surface area contributed by atoms with Gasteiger partial charge < -0.3 is 5.73 Å². The summed E-state index contributed by atoms with van der Waals surface area (Å²) in [6.45, 7) is 0. The number of primary amides is 1. The number of benzene rings is 2. The van der Waals surface area contributed by atoms with Gasteiger partial charge in [-0.2, -0.15) is 5.26 Å². The number of carbonyl (C=O) groups excluding carboxylic acids is 2. The number of halogens is 2. The van der Waals surface area contributed by atoms with E-state index in [1.54, 1.807) is 42.5 Å². The van der Waals surface area contributed by atoms with Gasteiger partial charge in [0.15, 0.2) is 0 Å². The second-order valence-corrected chi connectivity index (χ2v) is 7.67. The van der Waals surface area contributed by atoms with Crippen molar-refractivity contribution in [1.82, 2.24) is 0 Å². The number of amides is 2. The number of carbonyl (C=O) groups is 2. The number of nitriles is 1. The summed E-state index contributed by atoms with van der Waals surface area (Å²) in [6.07, 6.45) is 0.299. The van der Waals surface area contributed by atoms with Gasteiger partial charge in [0.25, 0.3) is 5.91 Å². The summed E-state index contributed by atoms with van der Waals surface area (Å²) in [4.78, 5) is 26.2. The molecule has 27 heavy (non-hydrogen) atoms. The van der Waals surface area contributed by atoms with Gasteiger partial charge >= 0.3 is 0 Å². The van der Waals surface area contributed by atoms with Crippen LogP contribution in [0.15, 0.2) is 59.1 Å². The smallest absolute Gasteiger partial charge is 0.262 e. The van der Waals surface area contributed by atoms with Crippen LogP contribution in [0.3, 0.4) is 0 Å². The van der Waals surface area contributed by atoms with Crippen molar-refractivity contribution >= 4 is 52.5 Å². The molecule has 3 rings (SSSR count). The molecule has 0 bridgehead atoms. The van der Waals surface area contributed by atoms with Gasteiger partial charge in [-0.25, -0.2) is 0 Å². The van der Waals surface area contributed by atoms with Crippen molar-refractivity contribution in [2.75, 3.05) is 4.90 Å². The third-order valence-electron chi connectivity index (χ3n) is 3.98. The summed E-state index contributed by atoms with van der Waals surface area (Å²) in [5.74, 6) is -1.14. The Morgan fingerprint density at radius 3 is 2.52 bits per heavy atom. The van der Waals surface area contributed by atoms with Crippen LogP contribution in [0.1, 0.15) is 5.56 Å². The van der Waals surface area contributed by atoms with Crippen molar-refractivity contribution in [2.45, 2.75) is 11.7 Å². The first-order valence-electron chi connectivity index (χ1n) is 7.86. The minimum atomic E-state index is -0.879. The molecule has 1 aliphatic rings. The van der Waals surface area contributed by atoms with Crippen LogP contribution in [-0.4, -0.2) is 17.1 Å². The van der Waals surface area contributed by atoms with E-state index in [-0.39, 0.29) is 16.5 Å². The summed E-state index contributed by atoms with van der Waals surface area (Å²) in [7, 11) is 0. The Morgan fingerprint density at radius 1 is 1.19 bits per heavy atom. The Bertz CT molecular complexity index is 986. The normalized spacial score (nSPS) is 18.3. The SMILES string of the molecule is N#C/C(C(N)=O)=C1/SC(Cc2cccc(Cl)c2Cl)C(=O)N1c1ccccc1. The van der Waals surface area contributed by atoms with E-state index in [2.05, 4.69) is 0 Å². The van der Waals surface area contributed by atoms with Gasteiger partial charge in [0, 0.05) is 5.69 Å². The Balaban J connectivity index is 2.04. The molecule has 1 aliphatic heterocycles. The summed E-state index contributed by atoms with van der Waals surface area (Å²) >= 11 is 13.4. The van der Waals surface area contributed by atoms with Crippen LogP contribution in [-0.2, 0) is 16.0 Å². The van der Waals surface area contributed by atoms with E-state index in [0.717, 1.165) is 11.8 Å². The number of rotatable bonds is 4. The molecule has 5 nitrogen and oxygen atoms in total. The van der Waals surface area contributed by atoms with Crippen molar-refractivity contribution in [3.63, 3.8) is 0 Å². The van der Waals surface area contributed by atoms with E-state index in [4.69, 9.17) is 28.9 Å². The highest BCUT2D eigenvalue weighted by molar-refractivity contribution is 8.05. The van der Waals surface area contributed by atoms with E-state index in [1.807, 2.05) is 12.1 Å². The molecule has 136 valence electrons. The fraction of sp³-hybridized carbons (Fsp3) is 0.105. The Hall–Kier alpha value is -2.46. The van der Waals surface area contributed by atoms with Crippen molar-refractivity contribution in [3.8, 4) is 6.07 Å². The molecule has 2 aromatic carbocycles. The Labute approximate surface area is 170 Å². The molecule has 1 atom stereocenters. The van der Waals surface area contributed by atoms with Gasteiger partial charge in [0.2, 0.25) is 5.91 Å². The van der Waals surface area contributed by atoms with Crippen molar-refractivity contribution in [2.24, 2.45) is 5.73 Å². The quantitative estimate of drug-likeness (QED) is 0.603. The Morgan fingerprint density at radius 2 is 1.89 bits per heavy atom. The average Bonchev–Trinajstić information content (AvgIpc) is 2.96. The zero-order valence-corrected chi connectivity index (χ0v) is 16.2. The summed E-state index contributed by atoms with van der Waals surface area (Å²) in [5, 5.41) is 9.80. The number of anilines is 1. The number of nitrogens with zero attached hydrogens (tertiary/aromatic N) is 2. The van der Waals surface area contributed by atoms with Gasteiger partial charge in [-0.3, -0.25) is 14.5 Å². The molecule has 1 heterocycles. The predicted octanol–water partition coefficient (Wildman–Crippen LogP) is 3.90. The molecular weight excluding hydrogens is 405 g/mol. The number of para-hydroxylation sites is 1. The molecule has 2 aromatic rings. The van der Waals surface area contributed by atoms with Crippen LogP contribution < -0.4 is 10.6 Å². The van der Waals surface area contributed by atoms with E-state index in [1.165, 1.54) is 4.90 Å². The lowest BCUT2D eigenvalue weighted by molar-refractivity contribution is -0.117. The van der Waals surface area contributed by atoms with E-state index in [0.29, 0.717) is 27.7 Å². The predicted molar refractivity (Wildman–Crippen MR) is 107 cm³/mol. The maximum atomic E-state index is 13.1. The highest BCUT2D eigenvalue weighted by Crippen LogP contribution is 2.42. The third-order valence-corrected chi connectivity index (χ3v) is 6.10. The molecule has 8 heteroatoms. The minimum absolute atomic E-state index is 0.226. The van der Waals surface area contributed by atoms with E-state index < -0.39 is 11.2 Å². The van der Waals surface area contributed by atoms with Crippen LogP contribution in [0.4, 0.5) is 5.69 Å². The summed E-state index contributed by atoms with van der Waals surface area (Å²) in [5.41, 5.74) is 6.36. The zero-order chi connectivity index (χ0) is 19.6. The molecular formula is C19H13Cl2N3O2S. The van der Waals surface area contributed by atoms with Crippen LogP contribution in [0.5, 0.6) is 0 Å². The molecule has 0 radical (unpaired) electrons. The second kappa shape index (κ2) is 8.05. The maximum Gasteiger partial charge on any atom is 0.262 e. The lowest BCUT2D eigenvalue weighted by atomic mass is 10.1. The molecule has 0 aliphatic carbocycles. The van der Waals surface area contributed by atoms with E-state index in [9.17, 15) is 14.9 Å². The lowest BCUT2D eigenvalue weighted by Gasteiger charge is -2.18. The first-order chi connectivity index (χ1) is 12.9. The number of nitrogens with two attached hydrogens (primary N) is 1. The van der Waals surface area contributed by atoms with Crippen molar-refractivity contribution in [3.05, 3.63) is 74.7 Å². The third kappa shape index (κ3) is 3.81. The van der Waals surface area contributed by atoms with Gasteiger partial charge in [-0.1, -0.05) is 65.3 Å². The highest BCUT2D eigenvalue weighted by atomic mass is 35.5. The molecule has 0 spiro atoms. The summed E-state index contributed by atoms with van der Waals surface area (Å²) in [6, 6.07) is 15.8. The first kappa shape index (κ1) is 19.3. The van der Waals surface area contributed by atoms with Crippen LogP contribution in [0, 0.1) is 11.3 Å². The minimum Gasteiger partial charge on any atom is -0.365 e. The monoisotopic (exact) mass is 417 g/mol. The number of hydrogen-bond donors (Lipinski definition) is 1. The first-order valence-corrected chi connectivity index (χ1v) is 9.50. The number of thioether (sulfide) groups is 1. The van der Waals surface area contributed by atoms with Crippen LogP contribution >= 0.6 is 35.0 Å². The maximum absolute atomic E-state index is 13.1. The fourth-order valence-corrected chi connectivity index (χ4v) is 4.42. The molecule has 0 aromatic heterocycles. The average molecular weight is 418 g/mol. The topological polar surface area (TPSA) is 87.2 Å². The van der Waals surface area contributed by atoms with Gasteiger partial charge in [0.1, 0.15) is 16.7 Å². The van der Waals surface area contributed by atoms with E-state index >= 15 is 0 Å². The molecule has 2 N–H and O–H groups in total. The van der Waals surface area contributed by atoms with Crippen LogP contribution in [0.25, 0.3) is 0 Å². The molecule has 1 saturated heterocycles. The van der Waals surface area contributed by atoms with Crippen molar-refractivity contribution in [1.29, 1.82) is 5.26 Å². The Kier molecular flexibility index (Phi) is 5.76. The number of hydrogen-bond acceptors (Lipinski definition) is 4. The van der Waals surface area contributed by atoms with Gasteiger partial charge in [0.05, 0.1) is 15.3 Å². The highest BCUT2D eigenvalue weighted by Gasteiger charge is 2.40.